The monoisotopic (exact) mass is 606 g/mol. The number of rotatable bonds is 3. The van der Waals surface area contributed by atoms with Crippen LogP contribution >= 0.6 is 0 Å². The normalized spacial score (nSPS) is 21.3. The molecule has 9 bridgehead atoms. The highest BCUT2D eigenvalue weighted by molar-refractivity contribution is 7.84. The summed E-state index contributed by atoms with van der Waals surface area (Å²) >= 11 is 0. The van der Waals surface area contributed by atoms with Gasteiger partial charge in [-0.15, -0.1) is 5.10 Å². The van der Waals surface area contributed by atoms with Crippen LogP contribution in [0.4, 0.5) is 0 Å². The second kappa shape index (κ2) is 11.2. The van der Waals surface area contributed by atoms with Gasteiger partial charge in [-0.1, -0.05) is 29.5 Å². The summed E-state index contributed by atoms with van der Waals surface area (Å²) in [6.45, 7) is 6.81. The predicted octanol–water partition coefficient (Wildman–Crippen LogP) is 5.04. The lowest BCUT2D eigenvalue weighted by Crippen LogP contribution is -2.39. The second-order valence-electron chi connectivity index (χ2n) is 11.2. The van der Waals surface area contributed by atoms with E-state index in [0.717, 1.165) is 51.7 Å². The molecule has 0 aliphatic carbocycles. The molecule has 43 heavy (non-hydrogen) atoms. The fourth-order valence-corrected chi connectivity index (χ4v) is 7.45. The van der Waals surface area contributed by atoms with Crippen molar-refractivity contribution in [1.29, 1.82) is 0 Å². The van der Waals surface area contributed by atoms with Gasteiger partial charge in [-0.25, -0.2) is 4.68 Å². The minimum Gasteiger partial charge on any atom is -0.493 e. The van der Waals surface area contributed by atoms with Gasteiger partial charge in [0.05, 0.1) is 31.7 Å². The third-order valence-electron chi connectivity index (χ3n) is 8.48. The fraction of sp³-hybridized carbons (Fsp3) is 0.387. The molecule has 3 aromatic carbocycles. The Hall–Kier alpha value is -4.16. The van der Waals surface area contributed by atoms with E-state index in [4.69, 9.17) is 13.7 Å². The molecule has 226 valence electrons. The van der Waals surface area contributed by atoms with Gasteiger partial charge in [0.25, 0.3) is 0 Å². The van der Waals surface area contributed by atoms with Crippen LogP contribution in [0.25, 0.3) is 11.0 Å². The zero-order valence-corrected chi connectivity index (χ0v) is 25.3. The lowest BCUT2D eigenvalue weighted by molar-refractivity contribution is -0.137. The third kappa shape index (κ3) is 5.29. The number of aliphatic carboxylic acids is 1. The summed E-state index contributed by atoms with van der Waals surface area (Å²) in [5, 5.41) is 18.8. The average Bonchev–Trinajstić information content (AvgIpc) is 3.38. The number of methoxy groups -OCH3 is 1. The lowest BCUT2D eigenvalue weighted by Gasteiger charge is -2.34. The zero-order valence-electron chi connectivity index (χ0n) is 24.5. The van der Waals surface area contributed by atoms with E-state index in [9.17, 15) is 18.3 Å². The number of aryl methyl sites for hydroxylation is 3. The molecule has 3 aliphatic rings. The first-order valence-electron chi connectivity index (χ1n) is 14.3. The van der Waals surface area contributed by atoms with Crippen molar-refractivity contribution >= 4 is 27.3 Å². The predicted molar refractivity (Wildman–Crippen MR) is 159 cm³/mol. The van der Waals surface area contributed by atoms with Crippen LogP contribution in [0.3, 0.4) is 0 Å². The summed E-state index contributed by atoms with van der Waals surface area (Å²) in [7, 11) is -2.73. The maximum absolute atomic E-state index is 13.5. The van der Waals surface area contributed by atoms with Gasteiger partial charge in [-0.05, 0) is 73.6 Å². The summed E-state index contributed by atoms with van der Waals surface area (Å²) in [5.74, 6) is -0.425. The first-order chi connectivity index (χ1) is 20.6. The highest BCUT2D eigenvalue weighted by Crippen LogP contribution is 2.44. The van der Waals surface area contributed by atoms with E-state index in [1.165, 1.54) is 11.4 Å². The van der Waals surface area contributed by atoms with E-state index in [1.807, 2.05) is 55.8 Å². The average molecular weight is 607 g/mol. The number of carboxylic acid groups (broad SMARTS) is 1. The number of carboxylic acids is 1. The largest absolute Gasteiger partial charge is 0.493 e. The number of aromatic nitrogens is 3. The van der Waals surface area contributed by atoms with Crippen molar-refractivity contribution in [2.75, 3.05) is 13.7 Å². The highest BCUT2D eigenvalue weighted by atomic mass is 32.2. The summed E-state index contributed by atoms with van der Waals surface area (Å²) in [6, 6.07) is 12.5. The molecule has 4 heterocycles. The first-order valence-corrected chi connectivity index (χ1v) is 15.6. The van der Waals surface area contributed by atoms with Crippen LogP contribution in [0.15, 0.2) is 42.5 Å². The van der Waals surface area contributed by atoms with Crippen molar-refractivity contribution in [3.05, 3.63) is 75.8 Å². The number of hydrogen-bond donors (Lipinski definition) is 1. The van der Waals surface area contributed by atoms with Gasteiger partial charge in [0, 0.05) is 30.6 Å². The van der Waals surface area contributed by atoms with Crippen LogP contribution in [-0.2, 0) is 28.2 Å². The van der Waals surface area contributed by atoms with Gasteiger partial charge in [-0.3, -0.25) is 4.79 Å². The van der Waals surface area contributed by atoms with Crippen LogP contribution < -0.4 is 13.7 Å². The van der Waals surface area contributed by atoms with Gasteiger partial charge in [0.15, 0.2) is 11.5 Å². The van der Waals surface area contributed by atoms with E-state index < -0.39 is 28.2 Å². The third-order valence-corrected chi connectivity index (χ3v) is 9.88. The van der Waals surface area contributed by atoms with Crippen molar-refractivity contribution < 1.29 is 32.0 Å². The maximum atomic E-state index is 13.5. The lowest BCUT2D eigenvalue weighted by atomic mass is 9.83. The number of benzene rings is 3. The van der Waals surface area contributed by atoms with Gasteiger partial charge in [-0.2, -0.15) is 12.7 Å². The van der Waals surface area contributed by atoms with Crippen molar-refractivity contribution in [3.63, 3.8) is 0 Å². The molecule has 3 atom stereocenters. The number of hydrogen-bond acceptors (Lipinski definition) is 8. The van der Waals surface area contributed by atoms with Gasteiger partial charge in [0.1, 0.15) is 11.3 Å². The Morgan fingerprint density at radius 1 is 1.12 bits per heavy atom. The van der Waals surface area contributed by atoms with E-state index in [1.54, 1.807) is 12.1 Å². The number of carbonyl (C=O) groups is 1. The van der Waals surface area contributed by atoms with Crippen molar-refractivity contribution in [2.24, 2.45) is 0 Å². The Bertz CT molecular complexity index is 1840. The Morgan fingerprint density at radius 2 is 1.93 bits per heavy atom. The molecule has 12 heteroatoms. The highest BCUT2D eigenvalue weighted by Gasteiger charge is 2.38. The van der Waals surface area contributed by atoms with Gasteiger partial charge < -0.3 is 18.8 Å². The molecule has 0 saturated heterocycles. The summed E-state index contributed by atoms with van der Waals surface area (Å²) in [6.07, 6.45) is 1.40. The smallest absolute Gasteiger partial charge is 0.386 e. The van der Waals surface area contributed by atoms with E-state index in [2.05, 4.69) is 10.3 Å². The molecule has 0 saturated carbocycles. The SMILES string of the molecule is COc1cc2cc3c1OS(=O)(=O)N(C3)[C@H](C)c1cc(ccc1C)[C@@H](CC(=O)O)c1ccc3c(nnn3CCCCO2)c1C. The molecular weight excluding hydrogens is 572 g/mol. The molecule has 1 aromatic heterocycles. The molecule has 0 amide bonds. The molecule has 3 aliphatic heterocycles. The van der Waals surface area contributed by atoms with Crippen LogP contribution in [-0.4, -0.2) is 52.5 Å². The minimum atomic E-state index is -4.19. The molecule has 11 nitrogen and oxygen atoms in total. The summed E-state index contributed by atoms with van der Waals surface area (Å²) < 4.78 is 47.3. The van der Waals surface area contributed by atoms with Crippen molar-refractivity contribution in [3.8, 4) is 17.2 Å². The summed E-state index contributed by atoms with van der Waals surface area (Å²) in [5.41, 5.74) is 6.35. The minimum absolute atomic E-state index is 0.0521. The molecule has 4 aromatic rings. The van der Waals surface area contributed by atoms with Crippen LogP contribution in [0.2, 0.25) is 0 Å². The fourth-order valence-electron chi connectivity index (χ4n) is 6.15. The van der Waals surface area contributed by atoms with E-state index >= 15 is 0 Å². The number of fused-ring (bicyclic) bond motifs is 5. The Kier molecular flexibility index (Phi) is 7.51. The second-order valence-corrected chi connectivity index (χ2v) is 12.6. The molecular formula is C31H34N4O7S. The van der Waals surface area contributed by atoms with Crippen LogP contribution in [0.5, 0.6) is 17.2 Å². The molecule has 7 rings (SSSR count). The zero-order chi connectivity index (χ0) is 30.5. The Labute approximate surface area is 250 Å². The topological polar surface area (TPSA) is 133 Å². The maximum Gasteiger partial charge on any atom is 0.386 e. The van der Waals surface area contributed by atoms with Crippen molar-refractivity contribution in [1.82, 2.24) is 19.3 Å². The molecule has 1 unspecified atom stereocenters. The molecule has 0 spiro atoms. The number of ether oxygens (including phenoxy) is 2. The summed E-state index contributed by atoms with van der Waals surface area (Å²) in [4.78, 5) is 12.1. The van der Waals surface area contributed by atoms with Gasteiger partial charge in [0.2, 0.25) is 0 Å². The van der Waals surface area contributed by atoms with E-state index in [0.29, 0.717) is 24.5 Å². The molecule has 0 fully saturated rings. The molecule has 1 N–H and O–H groups in total. The van der Waals surface area contributed by atoms with E-state index in [-0.39, 0.29) is 24.5 Å². The molecule has 0 radical (unpaired) electrons. The number of nitrogens with zero attached hydrogens (tertiary/aromatic N) is 4. The Morgan fingerprint density at radius 3 is 2.70 bits per heavy atom. The van der Waals surface area contributed by atoms with Crippen LogP contribution in [0.1, 0.15) is 71.5 Å². The Balaban J connectivity index is 1.51. The quantitative estimate of drug-likeness (QED) is 0.341. The van der Waals surface area contributed by atoms with Gasteiger partial charge >= 0.3 is 16.3 Å². The standard InChI is InChI=1S/C31H34N4O7S/c1-18-7-8-21-14-25(18)20(3)35-17-22-13-23(15-28(40-4)31(22)42-43(35,38)39)41-12-6-5-11-34-27-10-9-24(26(21)16-29(36)37)19(2)30(27)32-33-34/h7-10,13-15,20,26H,5-6,11-12,16-17H2,1-4H3,(H,36,37)/t20-,26-/m1/s1. The van der Waals surface area contributed by atoms with Crippen LogP contribution in [0, 0.1) is 13.8 Å². The van der Waals surface area contributed by atoms with Crippen molar-refractivity contribution in [2.45, 2.75) is 65.1 Å². The first kappa shape index (κ1) is 28.9.